The molecule has 0 spiro atoms. The lowest BCUT2D eigenvalue weighted by Crippen LogP contribution is -2.39. The van der Waals surface area contributed by atoms with Crippen LogP contribution in [0.3, 0.4) is 0 Å². The summed E-state index contributed by atoms with van der Waals surface area (Å²) in [6, 6.07) is 0. The molecule has 0 aromatic carbocycles. The molecule has 5 heteroatoms. The van der Waals surface area contributed by atoms with E-state index in [1.54, 1.807) is 0 Å². The van der Waals surface area contributed by atoms with Gasteiger partial charge in [-0.3, -0.25) is 4.79 Å². The molecule has 1 fully saturated rings. The van der Waals surface area contributed by atoms with Gasteiger partial charge in [0.15, 0.2) is 11.0 Å². The Labute approximate surface area is 68.7 Å². The minimum absolute atomic E-state index is 0.408. The molecule has 11 heavy (non-hydrogen) atoms. The van der Waals surface area contributed by atoms with Gasteiger partial charge in [0.1, 0.15) is 6.10 Å². The van der Waals surface area contributed by atoms with Crippen LogP contribution in [0.4, 0.5) is 0 Å². The molecule has 2 N–H and O–H groups in total. The van der Waals surface area contributed by atoms with Crippen molar-refractivity contribution < 1.29 is 19.7 Å². The van der Waals surface area contributed by atoms with Crippen LogP contribution in [-0.2, 0) is 9.53 Å². The van der Waals surface area contributed by atoms with Crippen molar-refractivity contribution in [3.63, 3.8) is 0 Å². The molecule has 0 saturated carbocycles. The first-order chi connectivity index (χ1) is 5.00. The zero-order chi connectivity index (χ0) is 8.65. The summed E-state index contributed by atoms with van der Waals surface area (Å²) in [7, 11) is 0. The Morgan fingerprint density at radius 1 is 1.82 bits per heavy atom. The minimum Gasteiger partial charge on any atom is -0.456 e. The summed E-state index contributed by atoms with van der Waals surface area (Å²) in [5.74, 6) is -0.689. The van der Waals surface area contributed by atoms with Gasteiger partial charge in [-0.2, -0.15) is 0 Å². The van der Waals surface area contributed by atoms with Gasteiger partial charge in [0.05, 0.1) is 6.61 Å². The number of rotatable bonds is 1. The first-order valence-corrected chi connectivity index (χ1v) is 3.57. The fourth-order valence-corrected chi connectivity index (χ4v) is 1.11. The highest BCUT2D eigenvalue weighted by Crippen LogP contribution is 2.31. The zero-order valence-corrected chi connectivity index (χ0v) is 6.71. The van der Waals surface area contributed by atoms with Gasteiger partial charge in [-0.25, -0.2) is 0 Å². The normalized spacial score (nSPS) is 44.2. The third kappa shape index (κ3) is 1.21. The summed E-state index contributed by atoms with van der Waals surface area (Å²) >= 11 is 5.61. The van der Waals surface area contributed by atoms with Crippen LogP contribution in [0.5, 0.6) is 0 Å². The lowest BCUT2D eigenvalue weighted by molar-refractivity contribution is -0.144. The third-order valence-corrected chi connectivity index (χ3v) is 2.12. The number of carbonyl (C=O) groups excluding carboxylic acids is 1. The quantitative estimate of drug-likeness (QED) is 0.412. The van der Waals surface area contributed by atoms with Crippen molar-refractivity contribution in [1.82, 2.24) is 0 Å². The predicted molar refractivity (Wildman–Crippen MR) is 37.2 cm³/mol. The fraction of sp³-hybridized carbons (Fsp3) is 0.833. The van der Waals surface area contributed by atoms with Crippen molar-refractivity contribution in [2.45, 2.75) is 24.0 Å². The van der Waals surface area contributed by atoms with Gasteiger partial charge >= 0.3 is 5.97 Å². The minimum atomic E-state index is -1.41. The van der Waals surface area contributed by atoms with Crippen LogP contribution < -0.4 is 0 Å². The lowest BCUT2D eigenvalue weighted by Gasteiger charge is -2.15. The van der Waals surface area contributed by atoms with E-state index in [2.05, 4.69) is 4.74 Å². The van der Waals surface area contributed by atoms with Crippen molar-refractivity contribution >= 4 is 17.6 Å². The smallest absolute Gasteiger partial charge is 0.330 e. The Bertz CT molecular complexity index is 179. The van der Waals surface area contributed by atoms with Crippen LogP contribution >= 0.6 is 11.6 Å². The van der Waals surface area contributed by atoms with Crippen molar-refractivity contribution in [3.8, 4) is 0 Å². The summed E-state index contributed by atoms with van der Waals surface area (Å²) in [6.45, 7) is 0.951. The highest BCUT2D eigenvalue weighted by atomic mass is 35.5. The number of carbonyl (C=O) groups is 1. The van der Waals surface area contributed by atoms with Crippen LogP contribution in [0.25, 0.3) is 0 Å². The van der Waals surface area contributed by atoms with Crippen LogP contribution in [0.15, 0.2) is 0 Å². The number of alkyl halides is 1. The first kappa shape index (κ1) is 8.77. The first-order valence-electron chi connectivity index (χ1n) is 3.19. The van der Waals surface area contributed by atoms with Crippen molar-refractivity contribution in [3.05, 3.63) is 0 Å². The molecule has 0 unspecified atom stereocenters. The molecular weight excluding hydrogens is 172 g/mol. The number of ether oxygens (including phenoxy) is 1. The predicted octanol–water partition coefficient (Wildman–Crippen LogP) is -0.738. The summed E-state index contributed by atoms with van der Waals surface area (Å²) in [4.78, 5) is 9.44. The lowest BCUT2D eigenvalue weighted by atomic mass is 10.0. The molecule has 1 rings (SSSR count). The van der Waals surface area contributed by atoms with Gasteiger partial charge in [-0.05, 0) is 6.92 Å². The largest absolute Gasteiger partial charge is 0.456 e. The number of aliphatic hydroxyl groups is 2. The molecule has 0 aromatic heterocycles. The number of esters is 1. The second-order valence-corrected chi connectivity index (χ2v) is 3.43. The number of aliphatic hydroxyl groups excluding tert-OH is 2. The topological polar surface area (TPSA) is 66.8 Å². The molecule has 0 bridgehead atoms. The zero-order valence-electron chi connectivity index (χ0n) is 5.95. The average molecular weight is 181 g/mol. The number of hydrogen-bond acceptors (Lipinski definition) is 4. The average Bonchev–Trinajstić information content (AvgIpc) is 2.14. The van der Waals surface area contributed by atoms with E-state index in [0.717, 1.165) is 0 Å². The standard InChI is InChI=1S/C6H9ClO4/c1-6(7)4(9)3(2-8)11-5(6)10/h3-4,8-9H,2H2,1H3/t3-,4+,6+/m1/s1. The molecule has 1 aliphatic heterocycles. The molecule has 1 saturated heterocycles. The van der Waals surface area contributed by atoms with Gasteiger partial charge in [0, 0.05) is 0 Å². The molecule has 0 aromatic rings. The Hall–Kier alpha value is -0.320. The Morgan fingerprint density at radius 3 is 2.55 bits per heavy atom. The van der Waals surface area contributed by atoms with E-state index >= 15 is 0 Å². The molecule has 64 valence electrons. The van der Waals surface area contributed by atoms with E-state index in [0.29, 0.717) is 0 Å². The van der Waals surface area contributed by atoms with E-state index in [9.17, 15) is 9.90 Å². The molecule has 0 radical (unpaired) electrons. The number of cyclic esters (lactones) is 1. The van der Waals surface area contributed by atoms with Gasteiger partial charge in [0.2, 0.25) is 0 Å². The van der Waals surface area contributed by atoms with Gasteiger partial charge in [0.25, 0.3) is 0 Å². The van der Waals surface area contributed by atoms with E-state index in [1.165, 1.54) is 6.92 Å². The molecule has 0 aliphatic carbocycles. The van der Waals surface area contributed by atoms with Gasteiger partial charge < -0.3 is 14.9 Å². The summed E-state index contributed by atoms with van der Waals surface area (Å²) in [5.41, 5.74) is 0. The van der Waals surface area contributed by atoms with Crippen molar-refractivity contribution in [2.24, 2.45) is 0 Å². The SMILES string of the molecule is C[C@@]1(Cl)C(=O)O[C@H](CO)[C@@H]1O. The van der Waals surface area contributed by atoms with E-state index in [1.807, 2.05) is 0 Å². The Kier molecular flexibility index (Phi) is 2.09. The Balaban J connectivity index is 2.80. The molecule has 1 heterocycles. The highest BCUT2D eigenvalue weighted by Gasteiger charge is 2.52. The van der Waals surface area contributed by atoms with Gasteiger partial charge in [-0.1, -0.05) is 0 Å². The maximum absolute atomic E-state index is 10.9. The molecule has 1 aliphatic rings. The molecule has 0 amide bonds. The van der Waals surface area contributed by atoms with Crippen molar-refractivity contribution in [2.75, 3.05) is 6.61 Å². The van der Waals surface area contributed by atoms with E-state index in [-0.39, 0.29) is 0 Å². The van der Waals surface area contributed by atoms with E-state index < -0.39 is 29.7 Å². The molecular formula is C6H9ClO4. The van der Waals surface area contributed by atoms with Gasteiger partial charge in [-0.15, -0.1) is 11.6 Å². The van der Waals surface area contributed by atoms with Crippen molar-refractivity contribution in [1.29, 1.82) is 0 Å². The van der Waals surface area contributed by atoms with E-state index in [4.69, 9.17) is 16.7 Å². The summed E-state index contributed by atoms with van der Waals surface area (Å²) in [6.07, 6.45) is -2.02. The fourth-order valence-electron chi connectivity index (χ4n) is 0.924. The highest BCUT2D eigenvalue weighted by molar-refractivity contribution is 6.34. The third-order valence-electron chi connectivity index (χ3n) is 1.75. The second kappa shape index (κ2) is 2.62. The monoisotopic (exact) mass is 180 g/mol. The van der Waals surface area contributed by atoms with Crippen LogP contribution in [0.2, 0.25) is 0 Å². The van der Waals surface area contributed by atoms with Crippen LogP contribution in [0, 0.1) is 0 Å². The summed E-state index contributed by atoms with van der Waals surface area (Å²) in [5, 5.41) is 17.8. The maximum Gasteiger partial charge on any atom is 0.330 e. The number of hydrogen-bond donors (Lipinski definition) is 2. The van der Waals surface area contributed by atoms with Crippen LogP contribution in [0.1, 0.15) is 6.92 Å². The molecule has 4 nitrogen and oxygen atoms in total. The molecule has 3 atom stereocenters. The second-order valence-electron chi connectivity index (χ2n) is 2.65. The van der Waals surface area contributed by atoms with Crippen LogP contribution in [-0.4, -0.2) is 39.9 Å². The maximum atomic E-state index is 10.9. The summed E-state index contributed by atoms with van der Waals surface area (Å²) < 4.78 is 4.57. The Morgan fingerprint density at radius 2 is 2.36 bits per heavy atom. The number of halogens is 1.